The number of halogens is 1. The van der Waals surface area contributed by atoms with Crippen LogP contribution in [0.3, 0.4) is 0 Å². The molecule has 0 aliphatic heterocycles. The quantitative estimate of drug-likeness (QED) is 0.742. The van der Waals surface area contributed by atoms with Gasteiger partial charge in [0, 0.05) is 19.3 Å². The summed E-state index contributed by atoms with van der Waals surface area (Å²) in [5.41, 5.74) is 0.518. The fourth-order valence-electron chi connectivity index (χ4n) is 2.50. The number of hydrogen-bond donors (Lipinski definition) is 1. The topological polar surface area (TPSA) is 85.5 Å². The molecular formula is C16H17FN4O3S. The van der Waals surface area contributed by atoms with Crippen molar-refractivity contribution in [3.63, 3.8) is 0 Å². The molecule has 7 nitrogen and oxygen atoms in total. The molecule has 2 aromatic heterocycles. The molecule has 9 heteroatoms. The molecule has 2 heterocycles. The highest BCUT2D eigenvalue weighted by Crippen LogP contribution is 2.14. The van der Waals surface area contributed by atoms with Crippen molar-refractivity contribution in [2.45, 2.75) is 31.8 Å². The second-order valence-corrected chi connectivity index (χ2v) is 7.32. The number of aryl methyl sites for hydroxylation is 2. The Hall–Kier alpha value is -2.52. The maximum atomic E-state index is 12.9. The highest BCUT2D eigenvalue weighted by molar-refractivity contribution is 7.89. The minimum atomic E-state index is -3.82. The normalized spacial score (nSPS) is 12.0. The lowest BCUT2D eigenvalue weighted by Crippen LogP contribution is -2.25. The van der Waals surface area contributed by atoms with E-state index in [4.69, 9.17) is 0 Å². The van der Waals surface area contributed by atoms with Crippen LogP contribution in [0.4, 0.5) is 4.39 Å². The SMILES string of the molecule is CCn1nc(C)n2cc(S(=O)(=O)NCc3ccc(F)cc3)cc2c1=O. The molecule has 0 aliphatic carbocycles. The zero-order chi connectivity index (χ0) is 18.2. The van der Waals surface area contributed by atoms with Crippen LogP contribution in [0.2, 0.25) is 0 Å². The van der Waals surface area contributed by atoms with Crippen LogP contribution in [0.5, 0.6) is 0 Å². The van der Waals surface area contributed by atoms with Crippen LogP contribution in [0.15, 0.2) is 46.2 Å². The Morgan fingerprint density at radius 3 is 2.56 bits per heavy atom. The van der Waals surface area contributed by atoms with E-state index in [-0.39, 0.29) is 28.3 Å². The van der Waals surface area contributed by atoms with Crippen molar-refractivity contribution in [1.29, 1.82) is 0 Å². The Morgan fingerprint density at radius 2 is 1.92 bits per heavy atom. The minimum absolute atomic E-state index is 0.0191. The van der Waals surface area contributed by atoms with Gasteiger partial charge in [0.05, 0.1) is 0 Å². The van der Waals surface area contributed by atoms with Crippen LogP contribution in [0.25, 0.3) is 5.52 Å². The summed E-state index contributed by atoms with van der Waals surface area (Å²) in [5, 5.41) is 4.13. The van der Waals surface area contributed by atoms with E-state index in [2.05, 4.69) is 9.82 Å². The third kappa shape index (κ3) is 3.33. The van der Waals surface area contributed by atoms with E-state index < -0.39 is 10.0 Å². The smallest absolute Gasteiger partial charge is 0.291 e. The fraction of sp³-hybridized carbons (Fsp3) is 0.250. The summed E-state index contributed by atoms with van der Waals surface area (Å²) in [7, 11) is -3.82. The summed E-state index contributed by atoms with van der Waals surface area (Å²) in [6.45, 7) is 3.90. The molecule has 0 spiro atoms. The number of rotatable bonds is 5. The van der Waals surface area contributed by atoms with Crippen LogP contribution >= 0.6 is 0 Å². The molecule has 0 aliphatic rings. The summed E-state index contributed by atoms with van der Waals surface area (Å²) in [6, 6.07) is 6.86. The van der Waals surface area contributed by atoms with Gasteiger partial charge in [0.15, 0.2) is 0 Å². The summed E-state index contributed by atoms with van der Waals surface area (Å²) >= 11 is 0. The van der Waals surface area contributed by atoms with E-state index in [1.54, 1.807) is 13.8 Å². The average Bonchev–Trinajstić information content (AvgIpc) is 3.05. The van der Waals surface area contributed by atoms with Crippen molar-refractivity contribution >= 4 is 15.5 Å². The number of benzene rings is 1. The molecule has 0 saturated heterocycles. The number of hydrogen-bond acceptors (Lipinski definition) is 4. The van der Waals surface area contributed by atoms with Crippen LogP contribution in [-0.4, -0.2) is 22.6 Å². The van der Waals surface area contributed by atoms with E-state index in [0.717, 1.165) is 0 Å². The van der Waals surface area contributed by atoms with Gasteiger partial charge in [0.2, 0.25) is 10.0 Å². The molecule has 3 aromatic rings. The van der Waals surface area contributed by atoms with Crippen LogP contribution in [-0.2, 0) is 23.1 Å². The number of nitrogens with one attached hydrogen (secondary N) is 1. The van der Waals surface area contributed by atoms with E-state index in [0.29, 0.717) is 17.9 Å². The van der Waals surface area contributed by atoms with Gasteiger partial charge >= 0.3 is 0 Å². The Balaban J connectivity index is 1.94. The minimum Gasteiger partial charge on any atom is -0.298 e. The van der Waals surface area contributed by atoms with Gasteiger partial charge in [0.1, 0.15) is 22.1 Å². The van der Waals surface area contributed by atoms with Crippen molar-refractivity contribution in [1.82, 2.24) is 18.9 Å². The Bertz CT molecular complexity index is 1090. The summed E-state index contributed by atoms with van der Waals surface area (Å²) in [6.07, 6.45) is 1.37. The van der Waals surface area contributed by atoms with E-state index in [1.165, 1.54) is 45.6 Å². The lowest BCUT2D eigenvalue weighted by molar-refractivity contribution is 0.581. The average molecular weight is 364 g/mol. The second kappa shape index (κ2) is 6.41. The molecule has 25 heavy (non-hydrogen) atoms. The molecule has 0 amide bonds. The number of sulfonamides is 1. The van der Waals surface area contributed by atoms with Gasteiger partial charge in [-0.05, 0) is 37.6 Å². The fourth-order valence-corrected chi connectivity index (χ4v) is 3.53. The van der Waals surface area contributed by atoms with E-state index >= 15 is 0 Å². The van der Waals surface area contributed by atoms with Crippen LogP contribution < -0.4 is 10.3 Å². The van der Waals surface area contributed by atoms with E-state index in [1.807, 2.05) is 0 Å². The zero-order valence-electron chi connectivity index (χ0n) is 13.7. The maximum Gasteiger partial charge on any atom is 0.291 e. The molecule has 0 unspecified atom stereocenters. The zero-order valence-corrected chi connectivity index (χ0v) is 14.5. The van der Waals surface area contributed by atoms with Crippen molar-refractivity contribution in [3.05, 3.63) is 64.1 Å². The van der Waals surface area contributed by atoms with Crippen LogP contribution in [0.1, 0.15) is 18.3 Å². The number of nitrogens with zero attached hydrogens (tertiary/aromatic N) is 3. The Labute approximate surface area is 143 Å². The van der Waals surface area contributed by atoms with Crippen molar-refractivity contribution in [2.24, 2.45) is 0 Å². The molecular weight excluding hydrogens is 347 g/mol. The van der Waals surface area contributed by atoms with Gasteiger partial charge in [-0.3, -0.25) is 9.20 Å². The van der Waals surface area contributed by atoms with Gasteiger partial charge in [-0.15, -0.1) is 0 Å². The maximum absolute atomic E-state index is 12.9. The molecule has 0 saturated carbocycles. The summed E-state index contributed by atoms with van der Waals surface area (Å²) < 4.78 is 43.1. The largest absolute Gasteiger partial charge is 0.298 e. The number of aromatic nitrogens is 3. The first-order valence-corrected chi connectivity index (χ1v) is 9.14. The first-order chi connectivity index (χ1) is 11.8. The molecule has 1 aromatic carbocycles. The van der Waals surface area contributed by atoms with Crippen molar-refractivity contribution in [2.75, 3.05) is 0 Å². The molecule has 1 N–H and O–H groups in total. The number of fused-ring (bicyclic) bond motifs is 1. The first-order valence-electron chi connectivity index (χ1n) is 7.66. The molecule has 0 fully saturated rings. The Morgan fingerprint density at radius 1 is 1.24 bits per heavy atom. The van der Waals surface area contributed by atoms with Crippen molar-refractivity contribution < 1.29 is 12.8 Å². The Kier molecular flexibility index (Phi) is 4.44. The summed E-state index contributed by atoms with van der Waals surface area (Å²) in [5.74, 6) is 0.122. The highest BCUT2D eigenvalue weighted by atomic mass is 32.2. The standard InChI is InChI=1S/C16H17FN4O3S/c1-3-21-16(22)15-8-14(10-20(15)11(2)19-21)25(23,24)18-9-12-4-6-13(17)7-5-12/h4-8,10,18H,3,9H2,1-2H3. The van der Waals surface area contributed by atoms with Crippen LogP contribution in [0, 0.1) is 12.7 Å². The predicted molar refractivity (Wildman–Crippen MR) is 90.3 cm³/mol. The predicted octanol–water partition coefficient (Wildman–Crippen LogP) is 1.44. The van der Waals surface area contributed by atoms with Gasteiger partial charge < -0.3 is 0 Å². The lowest BCUT2D eigenvalue weighted by Gasteiger charge is -2.05. The second-order valence-electron chi connectivity index (χ2n) is 5.55. The van der Waals surface area contributed by atoms with E-state index in [9.17, 15) is 17.6 Å². The molecule has 132 valence electrons. The lowest BCUT2D eigenvalue weighted by atomic mass is 10.2. The highest BCUT2D eigenvalue weighted by Gasteiger charge is 2.19. The molecule has 3 rings (SSSR count). The monoisotopic (exact) mass is 364 g/mol. The summed E-state index contributed by atoms with van der Waals surface area (Å²) in [4.78, 5) is 12.3. The van der Waals surface area contributed by atoms with Crippen molar-refractivity contribution in [3.8, 4) is 0 Å². The molecule has 0 bridgehead atoms. The van der Waals surface area contributed by atoms with Gasteiger partial charge in [-0.2, -0.15) is 5.10 Å². The molecule has 0 radical (unpaired) electrons. The third-order valence-electron chi connectivity index (χ3n) is 3.85. The van der Waals surface area contributed by atoms with Gasteiger partial charge in [0.25, 0.3) is 5.56 Å². The third-order valence-corrected chi connectivity index (χ3v) is 5.22. The van der Waals surface area contributed by atoms with Gasteiger partial charge in [-0.1, -0.05) is 12.1 Å². The first kappa shape index (κ1) is 17.3. The van der Waals surface area contributed by atoms with Gasteiger partial charge in [-0.25, -0.2) is 22.2 Å². The molecule has 0 atom stereocenters.